The highest BCUT2D eigenvalue weighted by Gasteiger charge is 2.19. The Balaban J connectivity index is 1.47. The van der Waals surface area contributed by atoms with Crippen molar-refractivity contribution in [2.75, 3.05) is 0 Å². The van der Waals surface area contributed by atoms with Crippen molar-refractivity contribution in [1.29, 1.82) is 0 Å². The molecule has 0 atom stereocenters. The molecule has 5 heteroatoms. The Morgan fingerprint density at radius 1 is 0.513 bits per heavy atom. The Kier molecular flexibility index (Phi) is 4.67. The minimum absolute atomic E-state index is 0.570. The summed E-state index contributed by atoms with van der Waals surface area (Å²) in [5.41, 5.74) is 6.83. The number of furan rings is 1. The van der Waals surface area contributed by atoms with E-state index in [1.54, 1.807) is 0 Å². The number of hydrogen-bond donors (Lipinski definition) is 0. The number of aromatic nitrogens is 4. The number of hydrogen-bond acceptors (Lipinski definition) is 4. The predicted molar refractivity (Wildman–Crippen MR) is 157 cm³/mol. The number of para-hydroxylation sites is 1. The first-order chi connectivity index (χ1) is 19.2. The molecular formula is C34H22N4O. The second kappa shape index (κ2) is 8.36. The summed E-state index contributed by atoms with van der Waals surface area (Å²) in [5, 5.41) is 4.50. The fraction of sp³-hybridized carbons (Fsp3) is 0.0294. The summed E-state index contributed by atoms with van der Waals surface area (Å²) >= 11 is 0. The van der Waals surface area contributed by atoms with Crippen LogP contribution in [0.3, 0.4) is 0 Å². The quantitative estimate of drug-likeness (QED) is 0.243. The molecule has 5 nitrogen and oxygen atoms in total. The standard InChI is InChI=1S/C34H22N4O/c1-21-16-17-30-26(18-21)27-19-25-24-14-8-9-15-28(24)38(29(25)20-31(27)39-30)34-36-32(22-10-4-2-5-11-22)35-33(37-34)23-12-6-3-7-13-23/h2-20H,1H3. The maximum Gasteiger partial charge on any atom is 0.238 e. The molecule has 8 rings (SSSR count). The monoisotopic (exact) mass is 502 g/mol. The SMILES string of the molecule is Cc1ccc2oc3cc4c(cc3c2c1)c1ccccc1n4-c1nc(-c2ccccc2)nc(-c2ccccc2)n1. The third-order valence-electron chi connectivity index (χ3n) is 7.31. The first kappa shape index (κ1) is 21.8. The summed E-state index contributed by atoms with van der Waals surface area (Å²) < 4.78 is 8.45. The summed E-state index contributed by atoms with van der Waals surface area (Å²) in [4.78, 5) is 14.9. The van der Waals surface area contributed by atoms with Crippen LogP contribution in [-0.4, -0.2) is 19.5 Å². The predicted octanol–water partition coefficient (Wildman–Crippen LogP) is 8.51. The van der Waals surface area contributed by atoms with E-state index < -0.39 is 0 Å². The van der Waals surface area contributed by atoms with Crippen molar-refractivity contribution in [3.05, 3.63) is 121 Å². The minimum Gasteiger partial charge on any atom is -0.456 e. The lowest BCUT2D eigenvalue weighted by molar-refractivity contribution is 0.669. The van der Waals surface area contributed by atoms with Gasteiger partial charge in [-0.1, -0.05) is 90.5 Å². The summed E-state index contributed by atoms with van der Waals surface area (Å²) in [7, 11) is 0. The molecule has 0 aliphatic carbocycles. The van der Waals surface area contributed by atoms with Gasteiger partial charge in [-0.2, -0.15) is 9.97 Å². The van der Waals surface area contributed by atoms with Gasteiger partial charge >= 0.3 is 0 Å². The highest BCUT2D eigenvalue weighted by molar-refractivity contribution is 6.17. The second-order valence-corrected chi connectivity index (χ2v) is 9.83. The van der Waals surface area contributed by atoms with E-state index in [1.807, 2.05) is 66.7 Å². The zero-order valence-electron chi connectivity index (χ0n) is 21.2. The van der Waals surface area contributed by atoms with Crippen LogP contribution in [0.25, 0.3) is 72.5 Å². The van der Waals surface area contributed by atoms with E-state index in [0.29, 0.717) is 17.6 Å². The van der Waals surface area contributed by atoms with Gasteiger partial charge in [0.1, 0.15) is 11.2 Å². The van der Waals surface area contributed by atoms with Crippen LogP contribution in [0.2, 0.25) is 0 Å². The van der Waals surface area contributed by atoms with Crippen LogP contribution in [0.4, 0.5) is 0 Å². The van der Waals surface area contributed by atoms with Crippen LogP contribution in [-0.2, 0) is 0 Å². The summed E-state index contributed by atoms with van der Waals surface area (Å²) in [5.74, 6) is 1.83. The highest BCUT2D eigenvalue weighted by Crippen LogP contribution is 2.38. The van der Waals surface area contributed by atoms with Crippen LogP contribution in [0.5, 0.6) is 0 Å². The van der Waals surface area contributed by atoms with Crippen molar-refractivity contribution < 1.29 is 4.42 Å². The molecule has 0 amide bonds. The van der Waals surface area contributed by atoms with E-state index >= 15 is 0 Å². The number of nitrogens with zero attached hydrogens (tertiary/aromatic N) is 4. The van der Waals surface area contributed by atoms with Gasteiger partial charge in [0, 0.05) is 38.7 Å². The fourth-order valence-electron chi connectivity index (χ4n) is 5.47. The van der Waals surface area contributed by atoms with Gasteiger partial charge in [-0.3, -0.25) is 4.57 Å². The Hall–Kier alpha value is -5.29. The Bertz CT molecular complexity index is 2120. The van der Waals surface area contributed by atoms with Gasteiger partial charge < -0.3 is 4.42 Å². The molecule has 0 fully saturated rings. The Morgan fingerprint density at radius 3 is 1.87 bits per heavy atom. The van der Waals surface area contributed by atoms with E-state index in [9.17, 15) is 0 Å². The third kappa shape index (κ3) is 3.44. The van der Waals surface area contributed by atoms with Crippen molar-refractivity contribution >= 4 is 43.7 Å². The molecule has 0 saturated heterocycles. The van der Waals surface area contributed by atoms with Gasteiger partial charge in [0.2, 0.25) is 5.95 Å². The molecule has 0 aliphatic heterocycles. The molecule has 39 heavy (non-hydrogen) atoms. The molecule has 0 unspecified atom stereocenters. The van der Waals surface area contributed by atoms with Crippen LogP contribution in [0.15, 0.2) is 120 Å². The molecule has 0 radical (unpaired) electrons. The molecule has 5 aromatic carbocycles. The maximum atomic E-state index is 6.32. The van der Waals surface area contributed by atoms with Crippen molar-refractivity contribution in [3.63, 3.8) is 0 Å². The largest absolute Gasteiger partial charge is 0.456 e. The molecular weight excluding hydrogens is 480 g/mol. The molecule has 0 bridgehead atoms. The van der Waals surface area contributed by atoms with Gasteiger partial charge in [0.15, 0.2) is 11.6 Å². The van der Waals surface area contributed by atoms with Crippen LogP contribution in [0.1, 0.15) is 5.56 Å². The number of fused-ring (bicyclic) bond motifs is 6. The van der Waals surface area contributed by atoms with E-state index in [2.05, 4.69) is 60.0 Å². The van der Waals surface area contributed by atoms with E-state index in [4.69, 9.17) is 19.4 Å². The molecule has 0 aliphatic rings. The zero-order chi connectivity index (χ0) is 25.9. The zero-order valence-corrected chi connectivity index (χ0v) is 21.2. The molecule has 3 aromatic heterocycles. The topological polar surface area (TPSA) is 56.7 Å². The van der Waals surface area contributed by atoms with Crippen molar-refractivity contribution in [1.82, 2.24) is 19.5 Å². The normalized spacial score (nSPS) is 11.7. The Morgan fingerprint density at radius 2 is 1.15 bits per heavy atom. The first-order valence-electron chi connectivity index (χ1n) is 13.0. The lowest BCUT2D eigenvalue weighted by Gasteiger charge is -2.10. The Labute approximate surface area is 224 Å². The van der Waals surface area contributed by atoms with Crippen molar-refractivity contribution in [3.8, 4) is 28.7 Å². The number of aryl methyl sites for hydroxylation is 1. The van der Waals surface area contributed by atoms with Gasteiger partial charge in [-0.25, -0.2) is 4.98 Å². The van der Waals surface area contributed by atoms with Gasteiger partial charge in [0.05, 0.1) is 11.0 Å². The number of benzene rings is 5. The summed E-state index contributed by atoms with van der Waals surface area (Å²) in [6.45, 7) is 2.11. The van der Waals surface area contributed by atoms with Gasteiger partial charge in [-0.15, -0.1) is 0 Å². The molecule has 184 valence electrons. The molecule has 0 N–H and O–H groups in total. The molecule has 3 heterocycles. The van der Waals surface area contributed by atoms with Crippen LogP contribution in [0, 0.1) is 6.92 Å². The summed E-state index contributed by atoms with van der Waals surface area (Å²) in [6, 6.07) is 39.2. The second-order valence-electron chi connectivity index (χ2n) is 9.83. The molecule has 0 spiro atoms. The van der Waals surface area contributed by atoms with E-state index in [1.165, 1.54) is 5.56 Å². The lowest BCUT2D eigenvalue weighted by atomic mass is 10.1. The highest BCUT2D eigenvalue weighted by atomic mass is 16.3. The fourth-order valence-corrected chi connectivity index (χ4v) is 5.47. The molecule has 0 saturated carbocycles. The van der Waals surface area contributed by atoms with Crippen LogP contribution < -0.4 is 0 Å². The van der Waals surface area contributed by atoms with Gasteiger partial charge in [0.25, 0.3) is 0 Å². The molecule has 8 aromatic rings. The smallest absolute Gasteiger partial charge is 0.238 e. The van der Waals surface area contributed by atoms with Crippen molar-refractivity contribution in [2.24, 2.45) is 0 Å². The third-order valence-corrected chi connectivity index (χ3v) is 7.31. The lowest BCUT2D eigenvalue weighted by Crippen LogP contribution is -2.06. The minimum atomic E-state index is 0.570. The maximum absolute atomic E-state index is 6.32. The first-order valence-corrected chi connectivity index (χ1v) is 13.0. The summed E-state index contributed by atoms with van der Waals surface area (Å²) in [6.07, 6.45) is 0. The van der Waals surface area contributed by atoms with Crippen molar-refractivity contribution in [2.45, 2.75) is 6.92 Å². The van der Waals surface area contributed by atoms with E-state index in [0.717, 1.165) is 54.9 Å². The van der Waals surface area contributed by atoms with Gasteiger partial charge in [-0.05, 0) is 31.2 Å². The number of rotatable bonds is 3. The van der Waals surface area contributed by atoms with E-state index in [-0.39, 0.29) is 0 Å². The average Bonchev–Trinajstić information content (AvgIpc) is 3.51. The average molecular weight is 503 g/mol. The van der Waals surface area contributed by atoms with Crippen LogP contribution >= 0.6 is 0 Å².